The van der Waals surface area contributed by atoms with E-state index in [1.807, 2.05) is 24.3 Å². The van der Waals surface area contributed by atoms with Gasteiger partial charge in [-0.25, -0.2) is 0 Å². The molecule has 3 amide bonds. The number of hydrogen-bond donors (Lipinski definition) is 3. The highest BCUT2D eigenvalue weighted by Crippen LogP contribution is 2.50. The van der Waals surface area contributed by atoms with Gasteiger partial charge in [0.1, 0.15) is 11.8 Å². The number of carbonyl (C=O) groups excluding carboxylic acids is 3. The summed E-state index contributed by atoms with van der Waals surface area (Å²) in [4.78, 5) is 39.9. The maximum atomic E-state index is 13.6. The fourth-order valence-corrected chi connectivity index (χ4v) is 4.55. The Hall–Kier alpha value is -2.48. The Balaban J connectivity index is 1.42. The lowest BCUT2D eigenvalue weighted by Crippen LogP contribution is -2.51. The zero-order chi connectivity index (χ0) is 22.9. The Bertz CT molecular complexity index is 908. The van der Waals surface area contributed by atoms with Gasteiger partial charge in [-0.3, -0.25) is 14.4 Å². The van der Waals surface area contributed by atoms with Crippen LogP contribution in [0.15, 0.2) is 35.7 Å². The number of likely N-dealkylation sites (tertiary alicyclic amines) is 1. The summed E-state index contributed by atoms with van der Waals surface area (Å²) in [6.07, 6.45) is 5.30. The summed E-state index contributed by atoms with van der Waals surface area (Å²) in [6.45, 7) is 5.01. The Labute approximate surface area is 194 Å². The maximum Gasteiger partial charge on any atom is 0.243 e. The lowest BCUT2D eigenvalue weighted by molar-refractivity contribution is -0.140. The molecule has 4 rings (SSSR count). The summed E-state index contributed by atoms with van der Waals surface area (Å²) in [7, 11) is 0. The molecule has 2 atom stereocenters. The van der Waals surface area contributed by atoms with E-state index in [2.05, 4.69) is 24.5 Å². The van der Waals surface area contributed by atoms with Crippen LogP contribution in [0.3, 0.4) is 0 Å². The molecule has 3 N–H and O–H groups in total. The molecule has 3 aliphatic rings. The number of thiol groups is 1. The van der Waals surface area contributed by atoms with Gasteiger partial charge in [-0.1, -0.05) is 18.7 Å². The smallest absolute Gasteiger partial charge is 0.243 e. The van der Waals surface area contributed by atoms with E-state index in [0.717, 1.165) is 37.2 Å². The van der Waals surface area contributed by atoms with Crippen molar-refractivity contribution in [2.24, 2.45) is 11.7 Å². The topological polar surface area (TPSA) is 102 Å². The van der Waals surface area contributed by atoms with Crippen LogP contribution in [0.1, 0.15) is 50.5 Å². The van der Waals surface area contributed by atoms with Gasteiger partial charge in [0.05, 0.1) is 24.5 Å². The quantitative estimate of drug-likeness (QED) is 0.469. The van der Waals surface area contributed by atoms with Crippen molar-refractivity contribution >= 4 is 30.4 Å². The standard InChI is InChI=1S/C24H31N3O4S/c1-15(32)19(13-21(25)28)26-22(29)20-3-2-12-27(20)23(30)24(10-11-24)17-6-8-18(9-7-17)31-14-16-4-5-16/h6-9,16,19-20,32H,1-5,10-14H2,(H2,25,28)(H,26,29)/t19-,20-/m0/s1. The monoisotopic (exact) mass is 457 g/mol. The molecular weight excluding hydrogens is 426 g/mol. The zero-order valence-electron chi connectivity index (χ0n) is 18.2. The summed E-state index contributed by atoms with van der Waals surface area (Å²) in [5.74, 6) is 0.669. The molecule has 1 saturated heterocycles. The Morgan fingerprint density at radius 3 is 2.47 bits per heavy atom. The van der Waals surface area contributed by atoms with Crippen molar-refractivity contribution in [1.82, 2.24) is 10.2 Å². The van der Waals surface area contributed by atoms with Crippen LogP contribution in [-0.4, -0.2) is 47.9 Å². The van der Waals surface area contributed by atoms with Gasteiger partial charge in [-0.15, -0.1) is 12.6 Å². The molecule has 172 valence electrons. The molecule has 7 nitrogen and oxygen atoms in total. The van der Waals surface area contributed by atoms with Crippen molar-refractivity contribution in [3.8, 4) is 5.75 Å². The number of benzene rings is 1. The van der Waals surface area contributed by atoms with Crippen LogP contribution in [0.5, 0.6) is 5.75 Å². The molecule has 0 spiro atoms. The molecule has 1 aromatic rings. The Morgan fingerprint density at radius 2 is 1.91 bits per heavy atom. The average molecular weight is 458 g/mol. The van der Waals surface area contributed by atoms with Crippen LogP contribution in [0.25, 0.3) is 0 Å². The van der Waals surface area contributed by atoms with E-state index in [1.165, 1.54) is 12.8 Å². The second-order valence-electron chi connectivity index (χ2n) is 9.24. The van der Waals surface area contributed by atoms with Gasteiger partial charge in [0, 0.05) is 6.54 Å². The molecule has 1 aliphatic heterocycles. The van der Waals surface area contributed by atoms with E-state index < -0.39 is 23.4 Å². The molecule has 2 saturated carbocycles. The predicted molar refractivity (Wildman–Crippen MR) is 124 cm³/mol. The fraction of sp³-hybridized carbons (Fsp3) is 0.542. The second-order valence-corrected chi connectivity index (χ2v) is 9.81. The van der Waals surface area contributed by atoms with Crippen molar-refractivity contribution in [2.45, 2.75) is 62.4 Å². The third-order valence-electron chi connectivity index (χ3n) is 6.69. The number of hydrogen-bond acceptors (Lipinski definition) is 5. The Kier molecular flexibility index (Phi) is 6.51. The third kappa shape index (κ3) is 4.95. The number of nitrogens with one attached hydrogen (secondary N) is 1. The normalized spacial score (nSPS) is 22.2. The number of carbonyl (C=O) groups is 3. The highest BCUT2D eigenvalue weighted by molar-refractivity contribution is 7.84. The number of rotatable bonds is 10. The first kappa shape index (κ1) is 22.7. The zero-order valence-corrected chi connectivity index (χ0v) is 19.1. The maximum absolute atomic E-state index is 13.6. The molecular formula is C24H31N3O4S. The lowest BCUT2D eigenvalue weighted by Gasteiger charge is -2.30. The summed E-state index contributed by atoms with van der Waals surface area (Å²) < 4.78 is 5.82. The van der Waals surface area contributed by atoms with Crippen LogP contribution < -0.4 is 15.8 Å². The number of primary amides is 1. The van der Waals surface area contributed by atoms with Crippen molar-refractivity contribution in [1.29, 1.82) is 0 Å². The average Bonchev–Trinajstić information content (AvgIpc) is 3.69. The van der Waals surface area contributed by atoms with E-state index in [-0.39, 0.29) is 18.2 Å². The van der Waals surface area contributed by atoms with Crippen LogP contribution in [0, 0.1) is 5.92 Å². The molecule has 1 aromatic carbocycles. The van der Waals surface area contributed by atoms with E-state index in [0.29, 0.717) is 23.8 Å². The molecule has 1 heterocycles. The van der Waals surface area contributed by atoms with E-state index in [9.17, 15) is 14.4 Å². The van der Waals surface area contributed by atoms with Gasteiger partial charge < -0.3 is 20.7 Å². The first-order chi connectivity index (χ1) is 15.3. The van der Waals surface area contributed by atoms with Crippen molar-refractivity contribution in [3.05, 3.63) is 41.3 Å². The van der Waals surface area contributed by atoms with Crippen molar-refractivity contribution < 1.29 is 19.1 Å². The number of nitrogens with two attached hydrogens (primary N) is 1. The number of amides is 3. The summed E-state index contributed by atoms with van der Waals surface area (Å²) in [5.41, 5.74) is 5.69. The van der Waals surface area contributed by atoms with E-state index in [4.69, 9.17) is 10.5 Å². The van der Waals surface area contributed by atoms with Crippen LogP contribution >= 0.6 is 12.6 Å². The van der Waals surface area contributed by atoms with Gasteiger partial charge >= 0.3 is 0 Å². The first-order valence-electron chi connectivity index (χ1n) is 11.3. The van der Waals surface area contributed by atoms with Crippen molar-refractivity contribution in [3.63, 3.8) is 0 Å². The van der Waals surface area contributed by atoms with E-state index >= 15 is 0 Å². The molecule has 8 heteroatoms. The van der Waals surface area contributed by atoms with Gasteiger partial charge in [0.15, 0.2) is 0 Å². The fourth-order valence-electron chi connectivity index (χ4n) is 4.40. The van der Waals surface area contributed by atoms with E-state index in [1.54, 1.807) is 4.90 Å². The van der Waals surface area contributed by atoms with Gasteiger partial charge in [0.2, 0.25) is 17.7 Å². The minimum absolute atomic E-state index is 0.00190. The van der Waals surface area contributed by atoms with Gasteiger partial charge in [0.25, 0.3) is 0 Å². The molecule has 0 bridgehead atoms. The predicted octanol–water partition coefficient (Wildman–Crippen LogP) is 2.30. The SMILES string of the molecule is C=C(S)[C@H](CC(N)=O)NC(=O)[C@@H]1CCCN1C(=O)C1(c2ccc(OCC3CC3)cc2)CC1. The lowest BCUT2D eigenvalue weighted by atomic mass is 9.93. The highest BCUT2D eigenvalue weighted by atomic mass is 32.1. The third-order valence-corrected chi connectivity index (χ3v) is 7.00. The van der Waals surface area contributed by atoms with Crippen molar-refractivity contribution in [2.75, 3.05) is 13.2 Å². The minimum atomic E-state index is -0.654. The van der Waals surface area contributed by atoms with Gasteiger partial charge in [-0.2, -0.15) is 0 Å². The summed E-state index contributed by atoms with van der Waals surface area (Å²) in [6, 6.07) is 6.61. The molecule has 32 heavy (non-hydrogen) atoms. The van der Waals surface area contributed by atoms with Crippen LogP contribution in [0.2, 0.25) is 0 Å². The van der Waals surface area contributed by atoms with Gasteiger partial charge in [-0.05, 0) is 67.0 Å². The first-order valence-corrected chi connectivity index (χ1v) is 11.8. The minimum Gasteiger partial charge on any atom is -0.493 e. The van der Waals surface area contributed by atoms with Crippen LogP contribution in [-0.2, 0) is 19.8 Å². The summed E-state index contributed by atoms with van der Waals surface area (Å²) >= 11 is 4.18. The molecule has 0 aromatic heterocycles. The molecule has 2 aliphatic carbocycles. The number of nitrogens with zero attached hydrogens (tertiary/aromatic N) is 1. The number of ether oxygens (including phenoxy) is 1. The second kappa shape index (κ2) is 9.17. The molecule has 0 radical (unpaired) electrons. The largest absolute Gasteiger partial charge is 0.493 e. The van der Waals surface area contributed by atoms with Crippen LogP contribution in [0.4, 0.5) is 0 Å². The highest BCUT2D eigenvalue weighted by Gasteiger charge is 2.55. The Morgan fingerprint density at radius 1 is 1.22 bits per heavy atom. The molecule has 3 fully saturated rings. The molecule has 0 unspecified atom stereocenters. The summed E-state index contributed by atoms with van der Waals surface area (Å²) in [5, 5.41) is 2.80.